The summed E-state index contributed by atoms with van der Waals surface area (Å²) >= 11 is 6.28. The number of nitrogens with one attached hydrogen (secondary N) is 1. The molecule has 0 aromatic heterocycles. The number of amides is 2. The van der Waals surface area contributed by atoms with Gasteiger partial charge in [-0.15, -0.1) is 0 Å². The summed E-state index contributed by atoms with van der Waals surface area (Å²) in [5, 5.41) is 3.33. The van der Waals surface area contributed by atoms with Crippen LogP contribution in [0.25, 0.3) is 0 Å². The summed E-state index contributed by atoms with van der Waals surface area (Å²) in [6, 6.07) is 30.0. The molecule has 4 aromatic rings. The van der Waals surface area contributed by atoms with E-state index in [-0.39, 0.29) is 29.5 Å². The molecule has 2 amide bonds. The fourth-order valence-corrected chi connectivity index (χ4v) is 6.45. The van der Waals surface area contributed by atoms with Crippen LogP contribution in [0.1, 0.15) is 25.0 Å². The number of hydrogen-bond acceptors (Lipinski definition) is 5. The van der Waals surface area contributed by atoms with Gasteiger partial charge in [0, 0.05) is 24.5 Å². The van der Waals surface area contributed by atoms with Gasteiger partial charge >= 0.3 is 0 Å². The Hall–Kier alpha value is -4.34. The molecule has 4 rings (SSSR count). The van der Waals surface area contributed by atoms with E-state index < -0.39 is 28.5 Å². The Balaban J connectivity index is 1.78. The van der Waals surface area contributed by atoms with Gasteiger partial charge < -0.3 is 15.0 Å². The van der Waals surface area contributed by atoms with Gasteiger partial charge in [-0.25, -0.2) is 8.42 Å². The SMILES string of the molecule is CCNC(=O)[C@H](Cc1ccccc1)N(Cc1cccc(Cl)c1)C(=O)CN(c1ccc(OCC)cc1)S(=O)(=O)c1ccccc1. The molecule has 0 bridgehead atoms. The third-order valence-electron chi connectivity index (χ3n) is 6.91. The monoisotopic (exact) mass is 633 g/mol. The first kappa shape index (κ1) is 32.6. The van der Waals surface area contributed by atoms with Crippen LogP contribution in [0.15, 0.2) is 114 Å². The molecule has 1 atom stereocenters. The van der Waals surface area contributed by atoms with Gasteiger partial charge in [0.1, 0.15) is 18.3 Å². The lowest BCUT2D eigenvalue weighted by Gasteiger charge is -2.34. The molecule has 0 aliphatic heterocycles. The molecular weight excluding hydrogens is 598 g/mol. The summed E-state index contributed by atoms with van der Waals surface area (Å²) in [4.78, 5) is 29.4. The largest absolute Gasteiger partial charge is 0.494 e. The Bertz CT molecular complexity index is 1630. The van der Waals surface area contributed by atoms with Crippen molar-refractivity contribution in [2.24, 2.45) is 0 Å². The highest BCUT2D eigenvalue weighted by Gasteiger charge is 2.34. The second-order valence-electron chi connectivity index (χ2n) is 10.0. The highest BCUT2D eigenvalue weighted by atomic mass is 35.5. The number of anilines is 1. The lowest BCUT2D eigenvalue weighted by molar-refractivity contribution is -0.140. The number of carbonyl (C=O) groups is 2. The molecule has 4 aromatic carbocycles. The molecular formula is C34H36ClN3O5S. The summed E-state index contributed by atoms with van der Waals surface area (Å²) in [7, 11) is -4.18. The molecule has 0 aliphatic carbocycles. The maximum Gasteiger partial charge on any atom is 0.264 e. The Morgan fingerprint density at radius 3 is 2.09 bits per heavy atom. The number of ether oxygens (including phenoxy) is 1. The molecule has 0 spiro atoms. The minimum atomic E-state index is -4.18. The van der Waals surface area contributed by atoms with Crippen LogP contribution in [0.5, 0.6) is 5.75 Å². The maximum atomic E-state index is 14.4. The molecule has 10 heteroatoms. The summed E-state index contributed by atoms with van der Waals surface area (Å²) < 4.78 is 34.7. The zero-order valence-corrected chi connectivity index (χ0v) is 26.3. The van der Waals surface area contributed by atoms with E-state index >= 15 is 0 Å². The van der Waals surface area contributed by atoms with Crippen LogP contribution in [-0.2, 0) is 32.6 Å². The fourth-order valence-electron chi connectivity index (χ4n) is 4.80. The maximum absolute atomic E-state index is 14.4. The van der Waals surface area contributed by atoms with Crippen LogP contribution < -0.4 is 14.4 Å². The molecule has 0 unspecified atom stereocenters. The van der Waals surface area contributed by atoms with Crippen molar-refractivity contribution in [1.29, 1.82) is 0 Å². The molecule has 44 heavy (non-hydrogen) atoms. The molecule has 0 aliphatic rings. The third-order valence-corrected chi connectivity index (χ3v) is 8.93. The normalized spacial score (nSPS) is 11.8. The van der Waals surface area contributed by atoms with Crippen molar-refractivity contribution in [2.75, 3.05) is 24.0 Å². The van der Waals surface area contributed by atoms with Gasteiger partial charge in [0.2, 0.25) is 11.8 Å². The number of halogens is 1. The number of likely N-dealkylation sites (N-methyl/N-ethyl adjacent to an activating group) is 1. The number of benzene rings is 4. The van der Waals surface area contributed by atoms with Crippen LogP contribution in [0.2, 0.25) is 5.02 Å². The lowest BCUT2D eigenvalue weighted by atomic mass is 10.0. The number of hydrogen-bond donors (Lipinski definition) is 1. The Labute approximate surface area is 264 Å². The first-order chi connectivity index (χ1) is 21.2. The van der Waals surface area contributed by atoms with E-state index in [1.807, 2.05) is 43.3 Å². The van der Waals surface area contributed by atoms with E-state index in [0.717, 1.165) is 9.87 Å². The van der Waals surface area contributed by atoms with Gasteiger partial charge in [-0.05, 0) is 73.5 Å². The number of sulfonamides is 1. The molecule has 0 heterocycles. The number of carbonyl (C=O) groups excluding carboxylic acids is 2. The Kier molecular flexibility index (Phi) is 11.4. The van der Waals surface area contributed by atoms with Crippen molar-refractivity contribution < 1.29 is 22.7 Å². The van der Waals surface area contributed by atoms with Crippen molar-refractivity contribution in [3.8, 4) is 5.75 Å². The lowest BCUT2D eigenvalue weighted by Crippen LogP contribution is -2.53. The van der Waals surface area contributed by atoms with E-state index in [1.54, 1.807) is 67.6 Å². The van der Waals surface area contributed by atoms with Gasteiger partial charge in [0.25, 0.3) is 10.0 Å². The number of rotatable bonds is 14. The third kappa shape index (κ3) is 8.39. The Morgan fingerprint density at radius 1 is 0.841 bits per heavy atom. The van der Waals surface area contributed by atoms with Crippen molar-refractivity contribution >= 4 is 39.1 Å². The van der Waals surface area contributed by atoms with Crippen LogP contribution in [0.3, 0.4) is 0 Å². The highest BCUT2D eigenvalue weighted by molar-refractivity contribution is 7.92. The first-order valence-corrected chi connectivity index (χ1v) is 16.2. The van der Waals surface area contributed by atoms with Gasteiger partial charge in [-0.2, -0.15) is 0 Å². The topological polar surface area (TPSA) is 96.0 Å². The van der Waals surface area contributed by atoms with E-state index in [0.29, 0.717) is 29.5 Å². The van der Waals surface area contributed by atoms with E-state index in [4.69, 9.17) is 16.3 Å². The quantitative estimate of drug-likeness (QED) is 0.192. The summed E-state index contributed by atoms with van der Waals surface area (Å²) in [5.41, 5.74) is 1.84. The van der Waals surface area contributed by atoms with Crippen molar-refractivity contribution in [2.45, 2.75) is 37.8 Å². The fraction of sp³-hybridized carbons (Fsp3) is 0.235. The van der Waals surface area contributed by atoms with E-state index in [9.17, 15) is 18.0 Å². The van der Waals surface area contributed by atoms with Crippen molar-refractivity contribution in [3.63, 3.8) is 0 Å². The minimum Gasteiger partial charge on any atom is -0.494 e. The van der Waals surface area contributed by atoms with Gasteiger partial charge in [0.05, 0.1) is 17.2 Å². The molecule has 0 fully saturated rings. The summed E-state index contributed by atoms with van der Waals surface area (Å²) in [6.45, 7) is 3.97. The minimum absolute atomic E-state index is 0.0348. The van der Waals surface area contributed by atoms with Crippen LogP contribution in [-0.4, -0.2) is 50.9 Å². The first-order valence-electron chi connectivity index (χ1n) is 14.4. The average molecular weight is 634 g/mol. The molecule has 0 saturated heterocycles. The highest BCUT2D eigenvalue weighted by Crippen LogP contribution is 2.27. The number of nitrogens with zero attached hydrogens (tertiary/aromatic N) is 2. The van der Waals surface area contributed by atoms with Crippen molar-refractivity contribution in [3.05, 3.63) is 125 Å². The van der Waals surface area contributed by atoms with E-state index in [1.165, 1.54) is 17.0 Å². The van der Waals surface area contributed by atoms with Gasteiger partial charge in [-0.1, -0.05) is 72.3 Å². The average Bonchev–Trinajstić information content (AvgIpc) is 3.03. The smallest absolute Gasteiger partial charge is 0.264 e. The molecule has 0 saturated carbocycles. The van der Waals surface area contributed by atoms with Crippen LogP contribution in [0.4, 0.5) is 5.69 Å². The molecule has 230 valence electrons. The molecule has 0 radical (unpaired) electrons. The zero-order valence-electron chi connectivity index (χ0n) is 24.7. The van der Waals surface area contributed by atoms with Crippen LogP contribution in [0, 0.1) is 0 Å². The Morgan fingerprint density at radius 2 is 1.48 bits per heavy atom. The second kappa shape index (κ2) is 15.4. The molecule has 1 N–H and O–H groups in total. The zero-order chi connectivity index (χ0) is 31.5. The second-order valence-corrected chi connectivity index (χ2v) is 12.3. The van der Waals surface area contributed by atoms with Gasteiger partial charge in [0.15, 0.2) is 0 Å². The summed E-state index contributed by atoms with van der Waals surface area (Å²) in [6.07, 6.45) is 0.230. The standard InChI is InChI=1S/C34H36ClN3O5S/c1-3-36-34(40)32(23-26-12-7-5-8-13-26)37(24-27-14-11-15-28(35)22-27)33(39)25-38(29-18-20-30(21-19-29)43-4-2)44(41,42)31-16-9-6-10-17-31/h5-22,32H,3-4,23-25H2,1-2H3,(H,36,40)/t32-/m0/s1. The predicted molar refractivity (Wildman–Crippen MR) is 173 cm³/mol. The predicted octanol–water partition coefficient (Wildman–Crippen LogP) is 5.71. The van der Waals surface area contributed by atoms with Crippen molar-refractivity contribution in [1.82, 2.24) is 10.2 Å². The van der Waals surface area contributed by atoms with Gasteiger partial charge in [-0.3, -0.25) is 13.9 Å². The molecule has 8 nitrogen and oxygen atoms in total. The summed E-state index contributed by atoms with van der Waals surface area (Å²) in [5.74, 6) is -0.322. The van der Waals surface area contributed by atoms with Crippen LogP contribution >= 0.6 is 11.6 Å². The van der Waals surface area contributed by atoms with E-state index in [2.05, 4.69) is 5.32 Å².